The van der Waals surface area contributed by atoms with Crippen LogP contribution in [0.15, 0.2) is 24.3 Å². The molecule has 1 aliphatic rings. The molecule has 2 amide bonds. The lowest BCUT2D eigenvalue weighted by molar-refractivity contribution is -0.150. The number of hydrogen-bond donors (Lipinski definition) is 0. The van der Waals surface area contributed by atoms with Crippen molar-refractivity contribution in [3.8, 4) is 0 Å². The van der Waals surface area contributed by atoms with E-state index in [0.29, 0.717) is 11.1 Å². The molecule has 2 rings (SSSR count). The maximum atomic E-state index is 12.2. The lowest BCUT2D eigenvalue weighted by Crippen LogP contribution is -2.53. The second-order valence-corrected chi connectivity index (χ2v) is 4.54. The monoisotopic (exact) mass is 247 g/mol. The Morgan fingerprint density at radius 3 is 1.94 bits per heavy atom. The average molecular weight is 247 g/mol. The molecule has 0 fully saturated rings. The number of nitrogens with zero attached hydrogens (tertiary/aromatic N) is 1. The fourth-order valence-corrected chi connectivity index (χ4v) is 2.04. The second-order valence-electron chi connectivity index (χ2n) is 4.54. The van der Waals surface area contributed by atoms with Crippen molar-refractivity contribution in [1.29, 1.82) is 0 Å². The van der Waals surface area contributed by atoms with Crippen LogP contribution in [0.4, 0.5) is 0 Å². The molecule has 18 heavy (non-hydrogen) atoms. The fourth-order valence-electron chi connectivity index (χ4n) is 2.04. The van der Waals surface area contributed by atoms with Crippen LogP contribution in [0.2, 0.25) is 0 Å². The first-order valence-corrected chi connectivity index (χ1v) is 5.47. The molecule has 0 atom stereocenters. The van der Waals surface area contributed by atoms with E-state index in [2.05, 4.69) is 4.74 Å². The third kappa shape index (κ3) is 1.51. The van der Waals surface area contributed by atoms with Crippen molar-refractivity contribution in [2.75, 3.05) is 7.11 Å². The lowest BCUT2D eigenvalue weighted by Gasteiger charge is -2.30. The highest BCUT2D eigenvalue weighted by molar-refractivity contribution is 6.23. The minimum absolute atomic E-state index is 0.319. The van der Waals surface area contributed by atoms with Gasteiger partial charge in [-0.2, -0.15) is 0 Å². The van der Waals surface area contributed by atoms with Crippen LogP contribution in [0.1, 0.15) is 34.6 Å². The van der Waals surface area contributed by atoms with Gasteiger partial charge >= 0.3 is 5.97 Å². The predicted octanol–water partition coefficient (Wildman–Crippen LogP) is 1.23. The Balaban J connectivity index is 2.49. The van der Waals surface area contributed by atoms with Crippen LogP contribution < -0.4 is 0 Å². The maximum absolute atomic E-state index is 12.2. The summed E-state index contributed by atoms with van der Waals surface area (Å²) in [6.45, 7) is 2.97. The molecule has 0 unspecified atom stereocenters. The van der Waals surface area contributed by atoms with Gasteiger partial charge in [-0.1, -0.05) is 12.1 Å². The van der Waals surface area contributed by atoms with Crippen molar-refractivity contribution in [3.63, 3.8) is 0 Å². The summed E-state index contributed by atoms with van der Waals surface area (Å²) in [5.74, 6) is -1.56. The van der Waals surface area contributed by atoms with Gasteiger partial charge in [0.05, 0.1) is 18.2 Å². The summed E-state index contributed by atoms with van der Waals surface area (Å²) in [5, 5.41) is 0. The van der Waals surface area contributed by atoms with Gasteiger partial charge < -0.3 is 4.74 Å². The molecule has 0 N–H and O–H groups in total. The molecule has 0 saturated heterocycles. The molecule has 1 aromatic carbocycles. The first-order valence-electron chi connectivity index (χ1n) is 5.47. The Hall–Kier alpha value is -2.17. The van der Waals surface area contributed by atoms with Gasteiger partial charge in [-0.25, -0.2) is 4.79 Å². The van der Waals surface area contributed by atoms with E-state index < -0.39 is 23.3 Å². The molecule has 0 aliphatic carbocycles. The van der Waals surface area contributed by atoms with E-state index in [1.54, 1.807) is 24.3 Å². The van der Waals surface area contributed by atoms with Crippen molar-refractivity contribution in [2.45, 2.75) is 19.4 Å². The number of hydrogen-bond acceptors (Lipinski definition) is 4. The zero-order valence-electron chi connectivity index (χ0n) is 10.4. The van der Waals surface area contributed by atoms with E-state index in [1.165, 1.54) is 21.0 Å². The lowest BCUT2D eigenvalue weighted by atomic mass is 10.0. The van der Waals surface area contributed by atoms with Gasteiger partial charge in [0.1, 0.15) is 5.54 Å². The van der Waals surface area contributed by atoms with Crippen LogP contribution in [0.25, 0.3) is 0 Å². The third-order valence-electron chi connectivity index (χ3n) is 3.04. The van der Waals surface area contributed by atoms with Crippen LogP contribution in [0.3, 0.4) is 0 Å². The predicted molar refractivity (Wildman–Crippen MR) is 63.0 cm³/mol. The molecule has 5 nitrogen and oxygen atoms in total. The topological polar surface area (TPSA) is 63.7 Å². The van der Waals surface area contributed by atoms with Crippen LogP contribution in [-0.4, -0.2) is 35.3 Å². The Labute approximate surface area is 104 Å². The summed E-state index contributed by atoms with van der Waals surface area (Å²) in [4.78, 5) is 37.0. The largest absolute Gasteiger partial charge is 0.467 e. The zero-order valence-corrected chi connectivity index (χ0v) is 10.4. The van der Waals surface area contributed by atoms with E-state index in [4.69, 9.17) is 0 Å². The van der Waals surface area contributed by atoms with Gasteiger partial charge in [0.2, 0.25) is 0 Å². The molecule has 0 radical (unpaired) electrons. The molecular formula is C13H13NO4. The van der Waals surface area contributed by atoms with Crippen LogP contribution in [0, 0.1) is 0 Å². The number of esters is 1. The van der Waals surface area contributed by atoms with E-state index >= 15 is 0 Å². The molecular weight excluding hydrogens is 234 g/mol. The van der Waals surface area contributed by atoms with Crippen LogP contribution >= 0.6 is 0 Å². The fraction of sp³-hybridized carbons (Fsp3) is 0.308. The molecule has 94 valence electrons. The number of carbonyl (C=O) groups excluding carboxylic acids is 3. The first-order chi connectivity index (χ1) is 8.41. The number of imide groups is 1. The van der Waals surface area contributed by atoms with Gasteiger partial charge in [0.15, 0.2) is 0 Å². The summed E-state index contributed by atoms with van der Waals surface area (Å²) >= 11 is 0. The molecule has 1 heterocycles. The number of carbonyl (C=O) groups is 3. The number of ether oxygens (including phenoxy) is 1. The first kappa shape index (κ1) is 12.3. The van der Waals surface area contributed by atoms with Crippen molar-refractivity contribution in [3.05, 3.63) is 35.4 Å². The van der Waals surface area contributed by atoms with Gasteiger partial charge in [-0.3, -0.25) is 14.5 Å². The Morgan fingerprint density at radius 2 is 1.56 bits per heavy atom. The standard InChI is InChI=1S/C13H13NO4/c1-13(2,12(17)18-3)14-10(15)8-6-4-5-7-9(8)11(14)16/h4-7H,1-3H3. The highest BCUT2D eigenvalue weighted by Crippen LogP contribution is 2.29. The van der Waals surface area contributed by atoms with Gasteiger partial charge in [-0.05, 0) is 26.0 Å². The summed E-state index contributed by atoms with van der Waals surface area (Å²) in [6, 6.07) is 6.50. The molecule has 5 heteroatoms. The third-order valence-corrected chi connectivity index (χ3v) is 3.04. The zero-order chi connectivity index (χ0) is 13.5. The molecule has 0 saturated carbocycles. The molecule has 1 aliphatic heterocycles. The summed E-state index contributed by atoms with van der Waals surface area (Å²) in [5.41, 5.74) is -0.680. The van der Waals surface area contributed by atoms with Crippen molar-refractivity contribution in [1.82, 2.24) is 4.90 Å². The highest BCUT2D eigenvalue weighted by Gasteiger charge is 2.48. The van der Waals surface area contributed by atoms with Crippen LogP contribution in [0.5, 0.6) is 0 Å². The summed E-state index contributed by atoms with van der Waals surface area (Å²) < 4.78 is 4.64. The SMILES string of the molecule is COC(=O)C(C)(C)N1C(=O)c2ccccc2C1=O. The quantitative estimate of drug-likeness (QED) is 0.582. The Morgan fingerprint density at radius 1 is 1.11 bits per heavy atom. The second kappa shape index (κ2) is 3.94. The minimum Gasteiger partial charge on any atom is -0.467 e. The number of benzene rings is 1. The van der Waals surface area contributed by atoms with Crippen molar-refractivity contribution >= 4 is 17.8 Å². The van der Waals surface area contributed by atoms with E-state index in [1.807, 2.05) is 0 Å². The number of methoxy groups -OCH3 is 1. The van der Waals surface area contributed by atoms with Crippen LogP contribution in [-0.2, 0) is 9.53 Å². The van der Waals surface area contributed by atoms with Gasteiger partial charge in [0, 0.05) is 0 Å². The van der Waals surface area contributed by atoms with Gasteiger partial charge in [-0.15, -0.1) is 0 Å². The molecule has 0 bridgehead atoms. The molecule has 0 spiro atoms. The van der Waals surface area contributed by atoms with E-state index in [-0.39, 0.29) is 0 Å². The molecule has 1 aromatic rings. The maximum Gasteiger partial charge on any atom is 0.331 e. The normalized spacial score (nSPS) is 14.7. The number of rotatable bonds is 2. The number of fused-ring (bicyclic) bond motifs is 1. The Bertz CT molecular complexity index is 513. The smallest absolute Gasteiger partial charge is 0.331 e. The van der Waals surface area contributed by atoms with E-state index in [9.17, 15) is 14.4 Å². The number of amides is 2. The highest BCUT2D eigenvalue weighted by atomic mass is 16.5. The van der Waals surface area contributed by atoms with Gasteiger partial charge in [0.25, 0.3) is 11.8 Å². The molecule has 0 aromatic heterocycles. The van der Waals surface area contributed by atoms with E-state index in [0.717, 1.165) is 4.90 Å². The summed E-state index contributed by atoms with van der Waals surface area (Å²) in [7, 11) is 1.22. The van der Waals surface area contributed by atoms with Crippen molar-refractivity contribution in [2.24, 2.45) is 0 Å². The average Bonchev–Trinajstić information content (AvgIpc) is 2.62. The summed E-state index contributed by atoms with van der Waals surface area (Å²) in [6.07, 6.45) is 0. The van der Waals surface area contributed by atoms with Crippen molar-refractivity contribution < 1.29 is 19.1 Å². The minimum atomic E-state index is -1.32. The Kier molecular flexibility index (Phi) is 2.69.